The first-order chi connectivity index (χ1) is 14.8. The second-order valence-electron chi connectivity index (χ2n) is 6.76. The molecule has 0 aromatic heterocycles. The van der Waals surface area contributed by atoms with E-state index < -0.39 is 35.8 Å². The predicted octanol–water partition coefficient (Wildman–Crippen LogP) is 3.99. The average molecular weight is 432 g/mol. The fourth-order valence-corrected chi connectivity index (χ4v) is 2.84. The van der Waals surface area contributed by atoms with E-state index in [1.165, 1.54) is 24.7 Å². The van der Waals surface area contributed by atoms with Gasteiger partial charge in [-0.1, -0.05) is 29.8 Å². The minimum Gasteiger partial charge on any atom is -0.505 e. The van der Waals surface area contributed by atoms with E-state index in [2.05, 4.69) is 5.32 Å². The summed E-state index contributed by atoms with van der Waals surface area (Å²) in [6, 6.07) is 10.8. The number of phenols is 1. The van der Waals surface area contributed by atoms with Gasteiger partial charge in [0.15, 0.2) is 17.7 Å². The van der Waals surface area contributed by atoms with Crippen LogP contribution in [0.5, 0.6) is 5.75 Å². The lowest BCUT2D eigenvalue weighted by atomic mass is 10.00. The minimum absolute atomic E-state index is 0.290. The van der Waals surface area contributed by atoms with Crippen LogP contribution in [0.4, 0.5) is 14.9 Å². The van der Waals surface area contributed by atoms with Crippen LogP contribution in [0.25, 0.3) is 0 Å². The molecule has 0 aliphatic carbocycles. The Balaban J connectivity index is 2.18. The van der Waals surface area contributed by atoms with Crippen LogP contribution >= 0.6 is 0 Å². The first-order valence-electron chi connectivity index (χ1n) is 9.50. The molecular formula is C22H25FN2O6. The summed E-state index contributed by atoms with van der Waals surface area (Å²) in [5, 5.41) is 20.6. The molecule has 0 heterocycles. The summed E-state index contributed by atoms with van der Waals surface area (Å²) in [6.45, 7) is 1.92. The maximum Gasteiger partial charge on any atom is 0.412 e. The summed E-state index contributed by atoms with van der Waals surface area (Å²) in [5.41, 5.74) is 3.32. The fourth-order valence-electron chi connectivity index (χ4n) is 2.84. The topological polar surface area (TPSA) is 117 Å². The molecule has 9 heteroatoms. The number of ether oxygens (including phenoxy) is 2. The third kappa shape index (κ3) is 7.40. The number of hydrogen-bond donors (Lipinski definition) is 4. The van der Waals surface area contributed by atoms with Crippen LogP contribution in [0.2, 0.25) is 0 Å². The largest absolute Gasteiger partial charge is 0.505 e. The average Bonchev–Trinajstić information content (AvgIpc) is 2.76. The van der Waals surface area contributed by atoms with Crippen molar-refractivity contribution in [2.75, 3.05) is 12.4 Å². The summed E-state index contributed by atoms with van der Waals surface area (Å²) < 4.78 is 25.0. The van der Waals surface area contributed by atoms with Crippen LogP contribution in [0.15, 0.2) is 54.6 Å². The van der Waals surface area contributed by atoms with Crippen LogP contribution in [0, 0.1) is 12.7 Å². The van der Waals surface area contributed by atoms with E-state index >= 15 is 0 Å². The van der Waals surface area contributed by atoms with Gasteiger partial charge in [0.2, 0.25) is 0 Å². The van der Waals surface area contributed by atoms with Crippen LogP contribution in [-0.2, 0) is 14.3 Å². The minimum atomic E-state index is -0.995. The molecule has 0 aliphatic heterocycles. The van der Waals surface area contributed by atoms with Gasteiger partial charge in [-0.05, 0) is 49.6 Å². The van der Waals surface area contributed by atoms with Crippen LogP contribution in [0.1, 0.15) is 30.1 Å². The van der Waals surface area contributed by atoms with E-state index in [0.29, 0.717) is 24.1 Å². The number of carbonyl (C=O) groups excluding carboxylic acids is 2. The van der Waals surface area contributed by atoms with Crippen molar-refractivity contribution in [3.05, 3.63) is 71.6 Å². The molecule has 2 amide bonds. The van der Waals surface area contributed by atoms with Crippen molar-refractivity contribution >= 4 is 17.7 Å². The number of aromatic hydroxyl groups is 1. The molecule has 2 aromatic carbocycles. The number of benzene rings is 2. The first-order valence-corrected chi connectivity index (χ1v) is 9.50. The zero-order chi connectivity index (χ0) is 22.8. The van der Waals surface area contributed by atoms with Crippen LogP contribution in [0.3, 0.4) is 0 Å². The number of methoxy groups -OCH3 is 1. The van der Waals surface area contributed by atoms with E-state index in [1.807, 2.05) is 19.1 Å². The Kier molecular flexibility index (Phi) is 8.98. The van der Waals surface area contributed by atoms with E-state index in [0.717, 1.165) is 23.8 Å². The lowest BCUT2D eigenvalue weighted by Gasteiger charge is -2.26. The Bertz CT molecular complexity index is 917. The quantitative estimate of drug-likeness (QED) is 0.270. The van der Waals surface area contributed by atoms with Gasteiger partial charge >= 0.3 is 6.09 Å². The molecule has 2 atom stereocenters. The number of halogens is 1. The molecule has 4 N–H and O–H groups in total. The standard InChI is InChI=1S/C22H25FN2O6/c1-14-7-10-16(11-8-14)24-22(28)31-21(15-9-12-18(26)17(23)13-15)19(30-2)5-3-4-6-20(27)25-29/h4,6-13,19,21,26,29H,3,5H2,1-2H3,(H,24,28)(H,25,27)/b6-4+/t19-,21-/m0/s1. The third-order valence-corrected chi connectivity index (χ3v) is 4.47. The molecule has 0 saturated carbocycles. The molecule has 166 valence electrons. The SMILES string of the molecule is CO[C@@H](CC/C=C/C(=O)NO)[C@@H](OC(=O)Nc1ccc(C)cc1)c1ccc(O)c(F)c1. The van der Waals surface area contributed by atoms with Gasteiger partial charge in [-0.2, -0.15) is 0 Å². The molecule has 8 nitrogen and oxygen atoms in total. The molecule has 0 saturated heterocycles. The van der Waals surface area contributed by atoms with Crippen molar-refractivity contribution < 1.29 is 33.8 Å². The smallest absolute Gasteiger partial charge is 0.412 e. The fraction of sp³-hybridized carbons (Fsp3) is 0.273. The van der Waals surface area contributed by atoms with Gasteiger partial charge in [-0.25, -0.2) is 14.7 Å². The number of nitrogens with one attached hydrogen (secondary N) is 2. The lowest BCUT2D eigenvalue weighted by molar-refractivity contribution is -0.124. The third-order valence-electron chi connectivity index (χ3n) is 4.47. The highest BCUT2D eigenvalue weighted by molar-refractivity contribution is 5.86. The van der Waals surface area contributed by atoms with Gasteiger partial charge < -0.3 is 14.6 Å². The van der Waals surface area contributed by atoms with Crippen molar-refractivity contribution in [2.24, 2.45) is 0 Å². The summed E-state index contributed by atoms with van der Waals surface area (Å²) in [6.07, 6.45) is 0.883. The van der Waals surface area contributed by atoms with Crippen molar-refractivity contribution in [1.82, 2.24) is 5.48 Å². The number of amides is 2. The van der Waals surface area contributed by atoms with Crippen LogP contribution in [-0.4, -0.2) is 35.5 Å². The van der Waals surface area contributed by atoms with Crippen molar-refractivity contribution in [3.63, 3.8) is 0 Å². The Labute approximate surface area is 179 Å². The number of phenolic OH excluding ortho intramolecular Hbond substituents is 1. The number of hydrogen-bond acceptors (Lipinski definition) is 6. The van der Waals surface area contributed by atoms with Crippen LogP contribution < -0.4 is 10.8 Å². The highest BCUT2D eigenvalue weighted by atomic mass is 19.1. The predicted molar refractivity (Wildman–Crippen MR) is 111 cm³/mol. The normalized spacial score (nSPS) is 12.9. The molecule has 31 heavy (non-hydrogen) atoms. The highest BCUT2D eigenvalue weighted by Gasteiger charge is 2.28. The lowest BCUT2D eigenvalue weighted by Crippen LogP contribution is -2.28. The van der Waals surface area contributed by atoms with Crippen molar-refractivity contribution in [2.45, 2.75) is 32.0 Å². The summed E-state index contributed by atoms with van der Waals surface area (Å²) in [4.78, 5) is 23.6. The number of aryl methyl sites for hydroxylation is 1. The van der Waals surface area contributed by atoms with Gasteiger partial charge in [0.05, 0.1) is 6.10 Å². The molecule has 2 rings (SSSR count). The van der Waals surface area contributed by atoms with E-state index in [4.69, 9.17) is 14.7 Å². The first kappa shape index (κ1) is 23.8. The van der Waals surface area contributed by atoms with E-state index in [-0.39, 0.29) is 0 Å². The molecule has 2 aromatic rings. The second-order valence-corrected chi connectivity index (χ2v) is 6.76. The van der Waals surface area contributed by atoms with Crippen molar-refractivity contribution in [1.29, 1.82) is 0 Å². The number of carbonyl (C=O) groups is 2. The highest BCUT2D eigenvalue weighted by Crippen LogP contribution is 2.30. The molecule has 0 bridgehead atoms. The van der Waals surface area contributed by atoms with Gasteiger partial charge in [0.1, 0.15) is 0 Å². The van der Waals surface area contributed by atoms with Gasteiger partial charge in [0.25, 0.3) is 5.91 Å². The Morgan fingerprint density at radius 3 is 2.52 bits per heavy atom. The second kappa shape index (κ2) is 11.7. The zero-order valence-corrected chi connectivity index (χ0v) is 17.2. The Hall–Kier alpha value is -3.43. The zero-order valence-electron chi connectivity index (χ0n) is 17.2. The maximum atomic E-state index is 13.9. The van der Waals surface area contributed by atoms with Crippen molar-refractivity contribution in [3.8, 4) is 5.75 Å². The van der Waals surface area contributed by atoms with Gasteiger partial charge in [-0.15, -0.1) is 0 Å². The number of anilines is 1. The maximum absolute atomic E-state index is 13.9. The summed E-state index contributed by atoms with van der Waals surface area (Å²) in [7, 11) is 1.42. The molecule has 0 unspecified atom stereocenters. The summed E-state index contributed by atoms with van der Waals surface area (Å²) in [5.74, 6) is -2.07. The molecule has 0 spiro atoms. The van der Waals surface area contributed by atoms with E-state index in [1.54, 1.807) is 12.1 Å². The number of allylic oxidation sites excluding steroid dienone is 1. The Morgan fingerprint density at radius 1 is 1.19 bits per heavy atom. The monoisotopic (exact) mass is 432 g/mol. The summed E-state index contributed by atoms with van der Waals surface area (Å²) >= 11 is 0. The molecule has 0 radical (unpaired) electrons. The molecule has 0 aliphatic rings. The molecule has 0 fully saturated rings. The number of hydroxylamine groups is 1. The van der Waals surface area contributed by atoms with E-state index in [9.17, 15) is 19.1 Å². The molecular weight excluding hydrogens is 407 g/mol. The Morgan fingerprint density at radius 2 is 1.90 bits per heavy atom. The van der Waals surface area contributed by atoms with Gasteiger partial charge in [0, 0.05) is 18.9 Å². The number of rotatable bonds is 9. The van der Waals surface area contributed by atoms with Gasteiger partial charge in [-0.3, -0.25) is 15.3 Å².